The molecular weight excluding hydrogens is 518 g/mol. The predicted octanol–water partition coefficient (Wildman–Crippen LogP) is 3.62. The van der Waals surface area contributed by atoms with Gasteiger partial charge in [0.2, 0.25) is 5.88 Å². The highest BCUT2D eigenvalue weighted by molar-refractivity contribution is 7.90. The van der Waals surface area contributed by atoms with Crippen LogP contribution in [0.4, 0.5) is 5.82 Å². The summed E-state index contributed by atoms with van der Waals surface area (Å²) < 4.78 is 37.3. The number of hydrogen-bond acceptors (Lipinski definition) is 8. The molecule has 5 rings (SSSR count). The van der Waals surface area contributed by atoms with E-state index in [2.05, 4.69) is 47.5 Å². The molecule has 2 fully saturated rings. The summed E-state index contributed by atoms with van der Waals surface area (Å²) >= 11 is 0. The molecule has 210 valence electrons. The lowest BCUT2D eigenvalue weighted by Gasteiger charge is -2.37. The average molecular weight is 556 g/mol. The minimum atomic E-state index is -4.14. The first kappa shape index (κ1) is 27.2. The Morgan fingerprint density at radius 3 is 2.51 bits per heavy atom. The Bertz CT molecular complexity index is 1500. The fourth-order valence-electron chi connectivity index (χ4n) is 5.67. The predicted molar refractivity (Wildman–Crippen MR) is 147 cm³/mol. The summed E-state index contributed by atoms with van der Waals surface area (Å²) in [6.45, 7) is 11.5. The van der Waals surface area contributed by atoms with E-state index in [0.717, 1.165) is 19.3 Å². The van der Waals surface area contributed by atoms with E-state index in [0.29, 0.717) is 42.3 Å². The van der Waals surface area contributed by atoms with Crippen LogP contribution in [0.3, 0.4) is 0 Å². The van der Waals surface area contributed by atoms with Crippen LogP contribution in [0.25, 0.3) is 5.82 Å². The third kappa shape index (κ3) is 5.39. The van der Waals surface area contributed by atoms with E-state index in [-0.39, 0.29) is 21.4 Å². The molecule has 12 heteroatoms. The number of anilines is 1. The minimum Gasteiger partial charge on any atom is -0.476 e. The standard InChI is InChI=1S/C27H37N7O4S/c1-18-14-26(3,4)33(15-18)24-20(25(35)31-39(36,37)21-16-32(6)29-19(21)2)8-9-22(28-24)34-13-10-23(30-34)38-17-27(5)11-7-12-27/h8-10,13,16,18H,7,11-12,14-15,17H2,1-6H3,(H,31,35)/t18-/m0/s1. The van der Waals surface area contributed by atoms with Crippen molar-refractivity contribution >= 4 is 21.7 Å². The zero-order chi connectivity index (χ0) is 28.2. The number of rotatable bonds is 8. The lowest BCUT2D eigenvalue weighted by molar-refractivity contribution is 0.0747. The molecule has 0 radical (unpaired) electrons. The van der Waals surface area contributed by atoms with E-state index < -0.39 is 15.9 Å². The molecular formula is C27H37N7O4S. The Morgan fingerprint density at radius 2 is 1.92 bits per heavy atom. The number of sulfonamides is 1. The van der Waals surface area contributed by atoms with Gasteiger partial charge in [0, 0.05) is 43.0 Å². The van der Waals surface area contributed by atoms with Crippen LogP contribution in [0.1, 0.15) is 69.4 Å². The number of nitrogens with one attached hydrogen (secondary N) is 1. The van der Waals surface area contributed by atoms with Gasteiger partial charge in [0.25, 0.3) is 15.9 Å². The summed E-state index contributed by atoms with van der Waals surface area (Å²) in [5.41, 5.74) is 0.406. The number of nitrogens with zero attached hydrogens (tertiary/aromatic N) is 6. The number of aryl methyl sites for hydroxylation is 2. The third-order valence-electron chi connectivity index (χ3n) is 7.85. The molecule has 1 aliphatic carbocycles. The van der Waals surface area contributed by atoms with Gasteiger partial charge in [0.1, 0.15) is 10.7 Å². The molecule has 1 saturated heterocycles. The van der Waals surface area contributed by atoms with Gasteiger partial charge in [0.05, 0.1) is 17.9 Å². The van der Waals surface area contributed by atoms with Gasteiger partial charge in [-0.3, -0.25) is 9.48 Å². The Morgan fingerprint density at radius 1 is 1.18 bits per heavy atom. The van der Waals surface area contributed by atoms with Crippen LogP contribution < -0.4 is 14.4 Å². The Hall–Kier alpha value is -3.41. The summed E-state index contributed by atoms with van der Waals surface area (Å²) in [4.78, 5) is 20.3. The van der Waals surface area contributed by atoms with Crippen molar-refractivity contribution in [1.82, 2.24) is 29.3 Å². The fourth-order valence-corrected chi connectivity index (χ4v) is 6.85. The van der Waals surface area contributed by atoms with Crippen molar-refractivity contribution in [3.63, 3.8) is 0 Å². The first-order valence-corrected chi connectivity index (χ1v) is 14.8. The highest BCUT2D eigenvalue weighted by Gasteiger charge is 2.39. The lowest BCUT2D eigenvalue weighted by atomic mass is 9.71. The Balaban J connectivity index is 1.47. The van der Waals surface area contributed by atoms with Gasteiger partial charge in [0.15, 0.2) is 5.82 Å². The van der Waals surface area contributed by atoms with E-state index in [9.17, 15) is 13.2 Å². The molecule has 1 N–H and O–H groups in total. The SMILES string of the molecule is Cc1nn(C)cc1S(=O)(=O)NC(=O)c1ccc(-n2ccc(OCC3(C)CCC3)n2)nc1N1C[C@@H](C)CC1(C)C. The van der Waals surface area contributed by atoms with Crippen LogP contribution >= 0.6 is 0 Å². The molecule has 11 nitrogen and oxygen atoms in total. The van der Waals surface area contributed by atoms with Crippen LogP contribution in [0, 0.1) is 18.3 Å². The molecule has 0 unspecified atom stereocenters. The van der Waals surface area contributed by atoms with Crippen LogP contribution in [0.15, 0.2) is 35.5 Å². The van der Waals surface area contributed by atoms with Crippen LogP contribution in [0.2, 0.25) is 0 Å². The van der Waals surface area contributed by atoms with Gasteiger partial charge >= 0.3 is 0 Å². The Labute approximate surface area is 229 Å². The number of aromatic nitrogens is 5. The molecule has 1 aliphatic heterocycles. The molecule has 1 atom stereocenters. The van der Waals surface area contributed by atoms with Crippen molar-refractivity contribution < 1.29 is 17.9 Å². The summed E-state index contributed by atoms with van der Waals surface area (Å²) in [7, 11) is -2.51. The van der Waals surface area contributed by atoms with Crippen molar-refractivity contribution in [3.8, 4) is 11.7 Å². The minimum absolute atomic E-state index is 0.0422. The van der Waals surface area contributed by atoms with Crippen LogP contribution in [-0.2, 0) is 17.1 Å². The normalized spacial score (nSPS) is 20.1. The van der Waals surface area contributed by atoms with Crippen molar-refractivity contribution in [1.29, 1.82) is 0 Å². The van der Waals surface area contributed by atoms with Gasteiger partial charge in [-0.25, -0.2) is 22.8 Å². The molecule has 0 spiro atoms. The number of amides is 1. The molecule has 39 heavy (non-hydrogen) atoms. The first-order valence-electron chi connectivity index (χ1n) is 13.3. The van der Waals surface area contributed by atoms with Crippen LogP contribution in [0.5, 0.6) is 5.88 Å². The van der Waals surface area contributed by atoms with Crippen molar-refractivity contribution in [2.75, 3.05) is 18.1 Å². The highest BCUT2D eigenvalue weighted by atomic mass is 32.2. The molecule has 0 bridgehead atoms. The van der Waals surface area contributed by atoms with E-state index in [1.165, 1.54) is 17.3 Å². The maximum absolute atomic E-state index is 13.5. The zero-order valence-corrected chi connectivity index (χ0v) is 24.2. The summed E-state index contributed by atoms with van der Waals surface area (Å²) in [5, 5.41) is 8.65. The monoisotopic (exact) mass is 555 g/mol. The largest absolute Gasteiger partial charge is 0.476 e. The van der Waals surface area contributed by atoms with Crippen molar-refractivity contribution in [2.24, 2.45) is 18.4 Å². The molecule has 0 aromatic carbocycles. The van der Waals surface area contributed by atoms with Gasteiger partial charge in [-0.2, -0.15) is 5.10 Å². The maximum Gasteiger partial charge on any atom is 0.268 e. The lowest BCUT2D eigenvalue weighted by Crippen LogP contribution is -2.41. The second-order valence-electron chi connectivity index (χ2n) is 12.0. The molecule has 1 amide bonds. The zero-order valence-electron chi connectivity index (χ0n) is 23.4. The second kappa shape index (κ2) is 9.65. The average Bonchev–Trinajstić information content (AvgIpc) is 3.52. The third-order valence-corrected chi connectivity index (χ3v) is 9.28. The van der Waals surface area contributed by atoms with Gasteiger partial charge < -0.3 is 9.64 Å². The van der Waals surface area contributed by atoms with Gasteiger partial charge in [-0.05, 0) is 58.1 Å². The smallest absolute Gasteiger partial charge is 0.268 e. The van der Waals surface area contributed by atoms with E-state index in [1.807, 2.05) is 0 Å². The van der Waals surface area contributed by atoms with E-state index >= 15 is 0 Å². The summed E-state index contributed by atoms with van der Waals surface area (Å²) in [6.07, 6.45) is 7.60. The molecule has 3 aromatic rings. The molecule has 2 aliphatic rings. The number of hydrogen-bond donors (Lipinski definition) is 1. The maximum atomic E-state index is 13.5. The molecule has 1 saturated carbocycles. The van der Waals surface area contributed by atoms with E-state index in [4.69, 9.17) is 9.72 Å². The first-order chi connectivity index (χ1) is 18.3. The van der Waals surface area contributed by atoms with Crippen LogP contribution in [-0.4, -0.2) is 57.6 Å². The second-order valence-corrected chi connectivity index (χ2v) is 13.7. The topological polar surface area (TPSA) is 124 Å². The van der Waals surface area contributed by atoms with Gasteiger partial charge in [-0.15, -0.1) is 5.10 Å². The number of pyridine rings is 1. The number of carbonyl (C=O) groups is 1. The van der Waals surface area contributed by atoms with E-state index in [1.54, 1.807) is 43.0 Å². The summed E-state index contributed by atoms with van der Waals surface area (Å²) in [6, 6.07) is 5.07. The molecule has 4 heterocycles. The number of carbonyl (C=O) groups excluding carboxylic acids is 1. The summed E-state index contributed by atoms with van der Waals surface area (Å²) in [5.74, 6) is 1.06. The van der Waals surface area contributed by atoms with Crippen molar-refractivity contribution in [3.05, 3.63) is 41.9 Å². The Kier molecular flexibility index (Phi) is 6.72. The fraction of sp³-hybridized carbons (Fsp3) is 0.556. The molecule has 3 aromatic heterocycles. The van der Waals surface area contributed by atoms with Gasteiger partial charge in [-0.1, -0.05) is 20.3 Å². The highest BCUT2D eigenvalue weighted by Crippen LogP contribution is 2.40. The quantitative estimate of drug-likeness (QED) is 0.447. The van der Waals surface area contributed by atoms with Crippen molar-refractivity contribution in [2.45, 2.75) is 70.7 Å². The number of ether oxygens (including phenoxy) is 1.